The van der Waals surface area contributed by atoms with Crippen molar-refractivity contribution in [3.63, 3.8) is 0 Å². The maximum absolute atomic E-state index is 11.9. The molecule has 1 aliphatic carbocycles. The zero-order valence-corrected chi connectivity index (χ0v) is 12.6. The van der Waals surface area contributed by atoms with Gasteiger partial charge in [0.25, 0.3) is 0 Å². The fraction of sp³-hybridized carbons (Fsp3) is 0.867. The number of nitrogens with one attached hydrogen (secondary N) is 2. The van der Waals surface area contributed by atoms with Gasteiger partial charge in [0.05, 0.1) is 6.10 Å². The van der Waals surface area contributed by atoms with Crippen LogP contribution in [0.4, 0.5) is 4.79 Å². The molecule has 1 saturated carbocycles. The normalized spacial score (nSPS) is 33.2. The summed E-state index contributed by atoms with van der Waals surface area (Å²) in [6.45, 7) is 2.56. The van der Waals surface area contributed by atoms with Gasteiger partial charge in [-0.25, -0.2) is 9.59 Å². The molecule has 0 aromatic heterocycles. The van der Waals surface area contributed by atoms with Gasteiger partial charge in [-0.05, 0) is 31.6 Å². The van der Waals surface area contributed by atoms with Crippen LogP contribution in [0.1, 0.15) is 51.9 Å². The maximum Gasteiger partial charge on any atom is 0.332 e. The van der Waals surface area contributed by atoms with Gasteiger partial charge in [0, 0.05) is 12.6 Å². The van der Waals surface area contributed by atoms with Crippen LogP contribution in [-0.2, 0) is 9.53 Å². The van der Waals surface area contributed by atoms with Crippen LogP contribution >= 0.6 is 0 Å². The highest BCUT2D eigenvalue weighted by molar-refractivity contribution is 5.74. The molecule has 2 rings (SSSR count). The Morgan fingerprint density at radius 2 is 1.90 bits per heavy atom. The molecule has 0 spiro atoms. The molecule has 1 aliphatic heterocycles. The monoisotopic (exact) mass is 298 g/mol. The molecule has 2 aliphatic rings. The van der Waals surface area contributed by atoms with Crippen molar-refractivity contribution in [3.8, 4) is 0 Å². The van der Waals surface area contributed by atoms with E-state index < -0.39 is 12.1 Å². The zero-order valence-electron chi connectivity index (χ0n) is 12.6. The van der Waals surface area contributed by atoms with Crippen LogP contribution in [0.3, 0.4) is 0 Å². The van der Waals surface area contributed by atoms with Crippen LogP contribution in [0.25, 0.3) is 0 Å². The van der Waals surface area contributed by atoms with E-state index in [1.165, 1.54) is 19.3 Å². The molecule has 0 bridgehead atoms. The lowest BCUT2D eigenvalue weighted by atomic mass is 9.97. The highest BCUT2D eigenvalue weighted by Crippen LogP contribution is 2.23. The summed E-state index contributed by atoms with van der Waals surface area (Å²) in [6, 6.07) is 0.0693. The van der Waals surface area contributed by atoms with Crippen LogP contribution in [0, 0.1) is 5.92 Å². The number of carboxylic acids is 1. The van der Waals surface area contributed by atoms with E-state index in [1.54, 1.807) is 0 Å². The maximum atomic E-state index is 11.9. The predicted molar refractivity (Wildman–Crippen MR) is 78.1 cm³/mol. The first-order chi connectivity index (χ1) is 10.1. The number of amides is 2. The van der Waals surface area contributed by atoms with E-state index in [4.69, 9.17) is 9.84 Å². The van der Waals surface area contributed by atoms with E-state index in [-0.39, 0.29) is 18.2 Å². The van der Waals surface area contributed by atoms with Gasteiger partial charge < -0.3 is 20.5 Å². The molecular formula is C15H26N2O4. The largest absolute Gasteiger partial charge is 0.479 e. The van der Waals surface area contributed by atoms with E-state index in [2.05, 4.69) is 17.6 Å². The van der Waals surface area contributed by atoms with E-state index in [0.29, 0.717) is 25.3 Å². The van der Waals surface area contributed by atoms with Crippen molar-refractivity contribution in [2.45, 2.75) is 70.1 Å². The molecule has 4 atom stereocenters. The second kappa shape index (κ2) is 7.64. The average Bonchev–Trinajstić information content (AvgIpc) is 2.84. The molecule has 2 fully saturated rings. The Morgan fingerprint density at radius 1 is 1.14 bits per heavy atom. The molecule has 1 saturated heterocycles. The highest BCUT2D eigenvalue weighted by atomic mass is 16.5. The van der Waals surface area contributed by atoms with Crippen molar-refractivity contribution in [2.24, 2.45) is 5.92 Å². The lowest BCUT2D eigenvalue weighted by molar-refractivity contribution is -0.149. The molecule has 0 aromatic carbocycles. The summed E-state index contributed by atoms with van der Waals surface area (Å²) in [5.74, 6) is -0.411. The number of urea groups is 1. The molecular weight excluding hydrogens is 272 g/mol. The number of hydrogen-bond acceptors (Lipinski definition) is 3. The topological polar surface area (TPSA) is 87.7 Å². The van der Waals surface area contributed by atoms with Crippen molar-refractivity contribution < 1.29 is 19.4 Å². The van der Waals surface area contributed by atoms with E-state index in [1.807, 2.05) is 0 Å². The highest BCUT2D eigenvalue weighted by Gasteiger charge is 2.30. The summed E-state index contributed by atoms with van der Waals surface area (Å²) >= 11 is 0. The third-order valence-corrected chi connectivity index (χ3v) is 4.55. The van der Waals surface area contributed by atoms with Crippen LogP contribution in [0.2, 0.25) is 0 Å². The first kappa shape index (κ1) is 16.1. The van der Waals surface area contributed by atoms with Crippen molar-refractivity contribution >= 4 is 12.0 Å². The number of carbonyl (C=O) groups excluding carboxylic acids is 1. The second-order valence-corrected chi connectivity index (χ2v) is 6.24. The summed E-state index contributed by atoms with van der Waals surface area (Å²) in [4.78, 5) is 22.7. The fourth-order valence-electron chi connectivity index (χ4n) is 3.17. The fourth-order valence-corrected chi connectivity index (χ4v) is 3.17. The van der Waals surface area contributed by atoms with E-state index in [9.17, 15) is 9.59 Å². The Labute approximate surface area is 125 Å². The Kier molecular flexibility index (Phi) is 5.85. The number of carboxylic acid groups (broad SMARTS) is 1. The van der Waals surface area contributed by atoms with Gasteiger partial charge in [0.1, 0.15) is 0 Å². The summed E-state index contributed by atoms with van der Waals surface area (Å²) < 4.78 is 5.36. The summed E-state index contributed by atoms with van der Waals surface area (Å²) in [5, 5.41) is 14.7. The minimum absolute atomic E-state index is 0.170. The number of hydrogen-bond donors (Lipinski definition) is 3. The first-order valence-corrected chi connectivity index (χ1v) is 7.99. The van der Waals surface area contributed by atoms with Crippen LogP contribution in [0.5, 0.6) is 0 Å². The Hall–Kier alpha value is -1.30. The predicted octanol–water partition coefficient (Wildman–Crippen LogP) is 1.89. The quantitative estimate of drug-likeness (QED) is 0.692. The summed E-state index contributed by atoms with van der Waals surface area (Å²) in [6.07, 6.45) is 6.14. The number of aliphatic carboxylic acids is 1. The van der Waals surface area contributed by atoms with Gasteiger partial charge >= 0.3 is 12.0 Å². The molecule has 6 heteroatoms. The van der Waals surface area contributed by atoms with Gasteiger partial charge in [-0.2, -0.15) is 0 Å². The third-order valence-electron chi connectivity index (χ3n) is 4.55. The van der Waals surface area contributed by atoms with Gasteiger partial charge in [-0.3, -0.25) is 0 Å². The van der Waals surface area contributed by atoms with Crippen molar-refractivity contribution in [1.82, 2.24) is 10.6 Å². The molecule has 0 radical (unpaired) electrons. The van der Waals surface area contributed by atoms with Crippen molar-refractivity contribution in [2.75, 3.05) is 6.54 Å². The summed E-state index contributed by atoms with van der Waals surface area (Å²) in [5.41, 5.74) is 0. The second-order valence-electron chi connectivity index (χ2n) is 6.24. The SMILES string of the molecule is CC1CCCCCC1NC(=O)NCC1CCC(C(=O)O)O1. The lowest BCUT2D eigenvalue weighted by Gasteiger charge is -2.23. The van der Waals surface area contributed by atoms with Gasteiger partial charge in [-0.15, -0.1) is 0 Å². The number of rotatable bonds is 4. The number of carbonyl (C=O) groups is 2. The zero-order chi connectivity index (χ0) is 15.2. The Bertz CT molecular complexity index is 375. The van der Waals surface area contributed by atoms with Crippen LogP contribution < -0.4 is 10.6 Å². The van der Waals surface area contributed by atoms with Gasteiger partial charge in [0.15, 0.2) is 6.10 Å². The van der Waals surface area contributed by atoms with Crippen LogP contribution in [-0.4, -0.2) is 41.9 Å². The smallest absolute Gasteiger partial charge is 0.332 e. The van der Waals surface area contributed by atoms with Crippen molar-refractivity contribution in [1.29, 1.82) is 0 Å². The molecule has 2 amide bonds. The third kappa shape index (κ3) is 4.88. The Balaban J connectivity index is 1.69. The molecule has 3 N–H and O–H groups in total. The minimum atomic E-state index is -0.922. The van der Waals surface area contributed by atoms with E-state index in [0.717, 1.165) is 12.8 Å². The Morgan fingerprint density at radius 3 is 2.62 bits per heavy atom. The number of ether oxygens (including phenoxy) is 1. The first-order valence-electron chi connectivity index (χ1n) is 7.99. The summed E-state index contributed by atoms with van der Waals surface area (Å²) in [7, 11) is 0. The molecule has 0 aromatic rings. The molecule has 120 valence electrons. The average molecular weight is 298 g/mol. The molecule has 1 heterocycles. The molecule has 21 heavy (non-hydrogen) atoms. The molecule has 4 unspecified atom stereocenters. The molecule has 6 nitrogen and oxygen atoms in total. The standard InChI is InChI=1S/C15H26N2O4/c1-10-5-3-2-4-6-12(10)17-15(20)16-9-11-7-8-13(21-11)14(18)19/h10-13H,2-9H2,1H3,(H,18,19)(H2,16,17,20). The van der Waals surface area contributed by atoms with Gasteiger partial charge in [0.2, 0.25) is 0 Å². The van der Waals surface area contributed by atoms with Crippen molar-refractivity contribution in [3.05, 3.63) is 0 Å². The lowest BCUT2D eigenvalue weighted by Crippen LogP contribution is -2.46. The minimum Gasteiger partial charge on any atom is -0.479 e. The van der Waals surface area contributed by atoms with Crippen LogP contribution in [0.15, 0.2) is 0 Å². The van der Waals surface area contributed by atoms with E-state index >= 15 is 0 Å². The van der Waals surface area contributed by atoms with Gasteiger partial charge in [-0.1, -0.05) is 26.2 Å².